The van der Waals surface area contributed by atoms with Gasteiger partial charge in [0.05, 0.1) is 5.56 Å². The molecule has 3 N–H and O–H groups in total. The van der Waals surface area contributed by atoms with Crippen LogP contribution >= 0.6 is 11.8 Å². The number of hydrogen-bond donors (Lipinski definition) is 3. The summed E-state index contributed by atoms with van der Waals surface area (Å²) in [6, 6.07) is 13.0. The van der Waals surface area contributed by atoms with E-state index in [4.69, 9.17) is 0 Å². The normalized spacial score (nSPS) is 14.6. The number of anilines is 3. The molecule has 0 bridgehead atoms. The molecule has 0 aliphatic carbocycles. The first-order valence-corrected chi connectivity index (χ1v) is 12.1. The van der Waals surface area contributed by atoms with Gasteiger partial charge in [-0.25, -0.2) is 4.79 Å². The van der Waals surface area contributed by atoms with E-state index in [0.29, 0.717) is 11.3 Å². The van der Waals surface area contributed by atoms with Gasteiger partial charge >= 0.3 is 6.03 Å². The maximum atomic E-state index is 13.0. The first kappa shape index (κ1) is 23.0. The Morgan fingerprint density at radius 3 is 2.29 bits per heavy atom. The molecule has 7 heteroatoms. The molecule has 2 aromatic carbocycles. The predicted octanol–water partition coefficient (Wildman–Crippen LogP) is 5.57. The van der Waals surface area contributed by atoms with Crippen molar-refractivity contribution in [3.8, 4) is 0 Å². The number of urea groups is 1. The third-order valence-corrected chi connectivity index (χ3v) is 6.28. The Balaban J connectivity index is 1.77. The van der Waals surface area contributed by atoms with Crippen LogP contribution in [0.25, 0.3) is 0 Å². The molecule has 1 saturated heterocycles. The van der Waals surface area contributed by atoms with Gasteiger partial charge in [0, 0.05) is 41.1 Å². The monoisotopic (exact) mass is 440 g/mol. The van der Waals surface area contributed by atoms with Crippen LogP contribution in [0, 0.1) is 0 Å². The van der Waals surface area contributed by atoms with E-state index in [0.717, 1.165) is 48.6 Å². The van der Waals surface area contributed by atoms with Crippen LogP contribution in [0.2, 0.25) is 0 Å². The fourth-order valence-corrected chi connectivity index (χ4v) is 3.99. The fraction of sp³-hybridized carbons (Fsp3) is 0.417. The van der Waals surface area contributed by atoms with Gasteiger partial charge in [0.2, 0.25) is 0 Å². The maximum Gasteiger partial charge on any atom is 0.323 e. The van der Waals surface area contributed by atoms with E-state index >= 15 is 0 Å². The molecule has 1 aliphatic heterocycles. The molecule has 3 rings (SSSR count). The topological polar surface area (TPSA) is 73.5 Å². The Morgan fingerprint density at radius 1 is 1.00 bits per heavy atom. The Labute approximate surface area is 189 Å². The zero-order valence-corrected chi connectivity index (χ0v) is 19.3. The van der Waals surface area contributed by atoms with Crippen molar-refractivity contribution in [1.29, 1.82) is 0 Å². The SMILES string of the molecule is CCC(C)NC(=O)c1cc(NC(=O)Nc2ccc(SC)cc2)ccc1N1CCCCC1. The second-order valence-electron chi connectivity index (χ2n) is 7.87. The number of carbonyl (C=O) groups is 2. The summed E-state index contributed by atoms with van der Waals surface area (Å²) in [4.78, 5) is 28.9. The zero-order chi connectivity index (χ0) is 22.2. The number of hydrogen-bond acceptors (Lipinski definition) is 4. The minimum atomic E-state index is -0.337. The van der Waals surface area contributed by atoms with Crippen molar-refractivity contribution in [1.82, 2.24) is 5.32 Å². The van der Waals surface area contributed by atoms with E-state index in [9.17, 15) is 9.59 Å². The summed E-state index contributed by atoms with van der Waals surface area (Å²) in [5.74, 6) is -0.105. The van der Waals surface area contributed by atoms with E-state index in [2.05, 4.69) is 20.9 Å². The van der Waals surface area contributed by atoms with E-state index in [1.54, 1.807) is 17.8 Å². The fourth-order valence-electron chi connectivity index (χ4n) is 3.58. The highest BCUT2D eigenvalue weighted by Crippen LogP contribution is 2.27. The molecular weight excluding hydrogens is 408 g/mol. The lowest BCUT2D eigenvalue weighted by atomic mass is 10.1. The van der Waals surface area contributed by atoms with Crippen molar-refractivity contribution >= 4 is 40.8 Å². The number of carbonyl (C=O) groups excluding carboxylic acids is 2. The van der Waals surface area contributed by atoms with Crippen molar-refractivity contribution < 1.29 is 9.59 Å². The summed E-state index contributed by atoms with van der Waals surface area (Å²) in [6.45, 7) is 5.94. The van der Waals surface area contributed by atoms with Crippen molar-refractivity contribution in [3.63, 3.8) is 0 Å². The van der Waals surface area contributed by atoms with Crippen LogP contribution in [0.3, 0.4) is 0 Å². The third-order valence-electron chi connectivity index (χ3n) is 5.53. The molecule has 1 fully saturated rings. The molecule has 2 aromatic rings. The van der Waals surface area contributed by atoms with Gasteiger partial charge in [-0.3, -0.25) is 4.79 Å². The van der Waals surface area contributed by atoms with Crippen molar-refractivity contribution in [2.24, 2.45) is 0 Å². The van der Waals surface area contributed by atoms with E-state index in [1.165, 1.54) is 6.42 Å². The number of piperidine rings is 1. The van der Waals surface area contributed by atoms with Crippen LogP contribution in [-0.2, 0) is 0 Å². The molecule has 0 spiro atoms. The van der Waals surface area contributed by atoms with Gasteiger partial charge < -0.3 is 20.9 Å². The molecule has 166 valence electrons. The largest absolute Gasteiger partial charge is 0.371 e. The third kappa shape index (κ3) is 6.40. The molecule has 0 saturated carbocycles. The second-order valence-corrected chi connectivity index (χ2v) is 8.75. The highest BCUT2D eigenvalue weighted by atomic mass is 32.2. The molecular formula is C24H32N4O2S. The summed E-state index contributed by atoms with van der Waals surface area (Å²) in [6.07, 6.45) is 6.36. The Bertz CT molecular complexity index is 895. The van der Waals surface area contributed by atoms with Crippen LogP contribution in [0.4, 0.5) is 21.9 Å². The average molecular weight is 441 g/mol. The molecule has 3 amide bonds. The highest BCUT2D eigenvalue weighted by molar-refractivity contribution is 7.98. The van der Waals surface area contributed by atoms with Crippen molar-refractivity contribution in [2.45, 2.75) is 50.5 Å². The standard InChI is InChI=1S/C24H32N4O2S/c1-4-17(2)25-23(29)21-16-19(10-13-22(21)28-14-6-5-7-15-28)27-24(30)26-18-8-11-20(31-3)12-9-18/h8-13,16-17H,4-7,14-15H2,1-3H3,(H,25,29)(H2,26,27,30). The number of nitrogens with zero attached hydrogens (tertiary/aromatic N) is 1. The second kappa shape index (κ2) is 11.1. The smallest absolute Gasteiger partial charge is 0.323 e. The van der Waals surface area contributed by atoms with E-state index in [1.807, 2.05) is 56.5 Å². The lowest BCUT2D eigenvalue weighted by Crippen LogP contribution is -2.35. The zero-order valence-electron chi connectivity index (χ0n) is 18.5. The molecule has 1 aliphatic rings. The first-order chi connectivity index (χ1) is 15.0. The number of rotatable bonds is 7. The van der Waals surface area contributed by atoms with Crippen LogP contribution in [-0.4, -0.2) is 37.3 Å². The van der Waals surface area contributed by atoms with Gasteiger partial charge in [0.25, 0.3) is 5.91 Å². The first-order valence-electron chi connectivity index (χ1n) is 10.9. The molecule has 1 unspecified atom stereocenters. The van der Waals surface area contributed by atoms with Crippen molar-refractivity contribution in [3.05, 3.63) is 48.0 Å². The van der Waals surface area contributed by atoms with E-state index < -0.39 is 0 Å². The van der Waals surface area contributed by atoms with Gasteiger partial charge in [-0.05, 0) is 81.3 Å². The number of thioether (sulfide) groups is 1. The van der Waals surface area contributed by atoms with Gasteiger partial charge in [0.15, 0.2) is 0 Å². The lowest BCUT2D eigenvalue weighted by Gasteiger charge is -2.31. The number of nitrogens with one attached hydrogen (secondary N) is 3. The lowest BCUT2D eigenvalue weighted by molar-refractivity contribution is 0.0939. The minimum Gasteiger partial charge on any atom is -0.371 e. The van der Waals surface area contributed by atoms with Crippen molar-refractivity contribution in [2.75, 3.05) is 34.9 Å². The van der Waals surface area contributed by atoms with Gasteiger partial charge in [-0.1, -0.05) is 6.92 Å². The summed E-state index contributed by atoms with van der Waals surface area (Å²) >= 11 is 1.65. The van der Waals surface area contributed by atoms with Gasteiger partial charge in [0.1, 0.15) is 0 Å². The molecule has 0 aromatic heterocycles. The predicted molar refractivity (Wildman–Crippen MR) is 131 cm³/mol. The average Bonchev–Trinajstić information content (AvgIpc) is 2.80. The molecule has 6 nitrogen and oxygen atoms in total. The van der Waals surface area contributed by atoms with Gasteiger partial charge in [-0.2, -0.15) is 0 Å². The Kier molecular flexibility index (Phi) is 8.23. The van der Waals surface area contributed by atoms with Crippen LogP contribution in [0.15, 0.2) is 47.4 Å². The molecule has 0 radical (unpaired) electrons. The summed E-state index contributed by atoms with van der Waals surface area (Å²) < 4.78 is 0. The van der Waals surface area contributed by atoms with Crippen LogP contribution in [0.5, 0.6) is 0 Å². The van der Waals surface area contributed by atoms with Crippen LogP contribution in [0.1, 0.15) is 49.9 Å². The summed E-state index contributed by atoms with van der Waals surface area (Å²) in [5.41, 5.74) is 2.84. The maximum absolute atomic E-state index is 13.0. The van der Waals surface area contributed by atoms with Crippen LogP contribution < -0.4 is 20.9 Å². The minimum absolute atomic E-state index is 0.0888. The summed E-state index contributed by atoms with van der Waals surface area (Å²) in [5, 5.41) is 8.76. The molecule has 1 atom stereocenters. The van der Waals surface area contributed by atoms with Gasteiger partial charge in [-0.15, -0.1) is 11.8 Å². The number of amides is 3. The Morgan fingerprint density at radius 2 is 1.65 bits per heavy atom. The Hall–Kier alpha value is -2.67. The number of benzene rings is 2. The molecule has 1 heterocycles. The molecule has 31 heavy (non-hydrogen) atoms. The van der Waals surface area contributed by atoms with E-state index in [-0.39, 0.29) is 18.0 Å². The summed E-state index contributed by atoms with van der Waals surface area (Å²) in [7, 11) is 0. The quantitative estimate of drug-likeness (QED) is 0.492. The highest BCUT2D eigenvalue weighted by Gasteiger charge is 2.20.